The fourth-order valence-electron chi connectivity index (χ4n) is 2.86. The maximum absolute atomic E-state index is 9.31. The Bertz CT molecular complexity index is 948. The number of aliphatic hydroxyl groups is 1. The molecule has 142 valence electrons. The summed E-state index contributed by atoms with van der Waals surface area (Å²) in [4.78, 5) is 5.70. The van der Waals surface area contributed by atoms with Gasteiger partial charge in [0.05, 0.1) is 11.4 Å². The summed E-state index contributed by atoms with van der Waals surface area (Å²) in [5.74, 6) is 0. The van der Waals surface area contributed by atoms with Crippen molar-refractivity contribution < 1.29 is 5.11 Å². The highest BCUT2D eigenvalue weighted by molar-refractivity contribution is 7.07. The zero-order valence-electron chi connectivity index (χ0n) is 15.9. The molecule has 2 aromatic carbocycles. The van der Waals surface area contributed by atoms with Gasteiger partial charge >= 0.3 is 0 Å². The van der Waals surface area contributed by atoms with Crippen LogP contribution in [0.2, 0.25) is 5.02 Å². The maximum Gasteiger partial charge on any atom is 0.190 e. The molecule has 0 unspecified atom stereocenters. The van der Waals surface area contributed by atoms with Crippen LogP contribution in [-0.4, -0.2) is 16.3 Å². The van der Waals surface area contributed by atoms with E-state index in [1.54, 1.807) is 11.3 Å². The smallest absolute Gasteiger partial charge is 0.190 e. The number of hydrogen-bond acceptors (Lipinski definition) is 3. The lowest BCUT2D eigenvalue weighted by Crippen LogP contribution is -2.17. The number of nitrogens with zero attached hydrogens (tertiary/aromatic N) is 2. The van der Waals surface area contributed by atoms with Crippen molar-refractivity contribution >= 4 is 28.6 Å². The van der Waals surface area contributed by atoms with Crippen LogP contribution in [0.5, 0.6) is 0 Å². The molecule has 0 fully saturated rings. The van der Waals surface area contributed by atoms with Crippen LogP contribution in [0.1, 0.15) is 32.8 Å². The van der Waals surface area contributed by atoms with Gasteiger partial charge in [-0.2, -0.15) is 0 Å². The Morgan fingerprint density at radius 2 is 1.70 bits per heavy atom. The Hall–Kier alpha value is -1.88. The molecule has 1 aromatic heterocycles. The van der Waals surface area contributed by atoms with E-state index in [0.717, 1.165) is 28.3 Å². The van der Waals surface area contributed by atoms with Gasteiger partial charge in [0.25, 0.3) is 0 Å². The summed E-state index contributed by atoms with van der Waals surface area (Å²) in [7, 11) is 0. The molecule has 0 saturated carbocycles. The summed E-state index contributed by atoms with van der Waals surface area (Å²) in [6.45, 7) is 7.54. The Balaban J connectivity index is 2.03. The van der Waals surface area contributed by atoms with E-state index in [1.807, 2.05) is 24.3 Å². The highest BCUT2D eigenvalue weighted by atomic mass is 35.5. The summed E-state index contributed by atoms with van der Waals surface area (Å²) < 4.78 is 2.18. The molecule has 0 aliphatic heterocycles. The minimum Gasteiger partial charge on any atom is -0.396 e. The third kappa shape index (κ3) is 4.89. The van der Waals surface area contributed by atoms with Gasteiger partial charge in [0, 0.05) is 23.6 Å². The van der Waals surface area contributed by atoms with Crippen molar-refractivity contribution in [3.05, 3.63) is 69.3 Å². The fraction of sp³-hybridized carbons (Fsp3) is 0.318. The van der Waals surface area contributed by atoms with E-state index in [0.29, 0.717) is 11.4 Å². The first-order valence-corrected chi connectivity index (χ1v) is 10.3. The minimum atomic E-state index is 0.134. The van der Waals surface area contributed by atoms with Crippen LogP contribution in [0.3, 0.4) is 0 Å². The number of halogens is 1. The second-order valence-electron chi connectivity index (χ2n) is 7.55. The van der Waals surface area contributed by atoms with Gasteiger partial charge < -0.3 is 9.67 Å². The average Bonchev–Trinajstić information content (AvgIpc) is 3.03. The highest BCUT2D eigenvalue weighted by Gasteiger charge is 2.14. The predicted octanol–water partition coefficient (Wildman–Crippen LogP) is 5.78. The fourth-order valence-corrected chi connectivity index (χ4v) is 3.94. The molecule has 3 rings (SSSR count). The van der Waals surface area contributed by atoms with Gasteiger partial charge in [0.2, 0.25) is 0 Å². The Morgan fingerprint density at radius 3 is 2.30 bits per heavy atom. The predicted molar refractivity (Wildman–Crippen MR) is 115 cm³/mol. The van der Waals surface area contributed by atoms with Gasteiger partial charge in [-0.3, -0.25) is 0 Å². The molecular weight excluding hydrogens is 376 g/mol. The molecule has 0 amide bonds. The van der Waals surface area contributed by atoms with E-state index >= 15 is 0 Å². The zero-order chi connectivity index (χ0) is 19.4. The Morgan fingerprint density at radius 1 is 1.04 bits per heavy atom. The van der Waals surface area contributed by atoms with Crippen molar-refractivity contribution in [3.8, 4) is 11.3 Å². The van der Waals surface area contributed by atoms with E-state index in [4.69, 9.17) is 16.6 Å². The molecule has 0 atom stereocenters. The number of thiazole rings is 1. The van der Waals surface area contributed by atoms with Crippen molar-refractivity contribution in [2.24, 2.45) is 4.99 Å². The SMILES string of the molecule is CC(C)(C)c1ccc(-c2csc(=Nc3ccc(Cl)cc3)n2CCCO)cc1. The molecule has 3 aromatic rings. The summed E-state index contributed by atoms with van der Waals surface area (Å²) in [5.41, 5.74) is 4.61. The normalized spacial score (nSPS) is 12.6. The maximum atomic E-state index is 9.31. The van der Waals surface area contributed by atoms with Crippen LogP contribution in [0.4, 0.5) is 5.69 Å². The van der Waals surface area contributed by atoms with Gasteiger partial charge in [-0.25, -0.2) is 4.99 Å². The van der Waals surface area contributed by atoms with Gasteiger partial charge in [0.15, 0.2) is 4.80 Å². The van der Waals surface area contributed by atoms with Crippen molar-refractivity contribution in [3.63, 3.8) is 0 Å². The van der Waals surface area contributed by atoms with E-state index < -0.39 is 0 Å². The van der Waals surface area contributed by atoms with Gasteiger partial charge in [-0.15, -0.1) is 11.3 Å². The van der Waals surface area contributed by atoms with Crippen molar-refractivity contribution in [1.29, 1.82) is 0 Å². The molecule has 0 bridgehead atoms. The summed E-state index contributed by atoms with van der Waals surface area (Å²) in [6.07, 6.45) is 0.692. The molecule has 0 saturated heterocycles. The highest BCUT2D eigenvalue weighted by Crippen LogP contribution is 2.27. The third-order valence-electron chi connectivity index (χ3n) is 4.44. The lowest BCUT2D eigenvalue weighted by atomic mass is 9.86. The summed E-state index contributed by atoms with van der Waals surface area (Å²) in [6, 6.07) is 16.2. The van der Waals surface area contributed by atoms with Crippen LogP contribution in [0, 0.1) is 0 Å². The standard InChI is InChI=1S/C22H25ClN2OS/c1-22(2,3)17-7-5-16(6-8-17)20-15-27-21(25(20)13-4-14-26)24-19-11-9-18(23)10-12-19/h5-12,15,26H,4,13-14H2,1-3H3. The Kier molecular flexibility index (Phi) is 6.20. The first-order chi connectivity index (χ1) is 12.9. The van der Waals surface area contributed by atoms with Crippen LogP contribution in [0.15, 0.2) is 58.9 Å². The van der Waals surface area contributed by atoms with Crippen LogP contribution < -0.4 is 4.80 Å². The summed E-state index contributed by atoms with van der Waals surface area (Å²) in [5, 5.41) is 12.1. The molecule has 5 heteroatoms. The largest absolute Gasteiger partial charge is 0.396 e. The number of benzene rings is 2. The molecular formula is C22H25ClN2OS. The molecule has 0 aliphatic rings. The molecule has 0 aliphatic carbocycles. The van der Waals surface area contributed by atoms with E-state index in [9.17, 15) is 5.11 Å². The first kappa shape index (κ1) is 19.9. The third-order valence-corrected chi connectivity index (χ3v) is 5.55. The van der Waals surface area contributed by atoms with Gasteiger partial charge in [-0.1, -0.05) is 56.6 Å². The van der Waals surface area contributed by atoms with Crippen LogP contribution >= 0.6 is 22.9 Å². The lowest BCUT2D eigenvalue weighted by Gasteiger charge is -2.19. The second kappa shape index (κ2) is 8.42. The van der Waals surface area contributed by atoms with Crippen LogP contribution in [0.25, 0.3) is 11.3 Å². The number of aliphatic hydroxyl groups excluding tert-OH is 1. The minimum absolute atomic E-state index is 0.134. The molecule has 27 heavy (non-hydrogen) atoms. The quantitative estimate of drug-likeness (QED) is 0.578. The summed E-state index contributed by atoms with van der Waals surface area (Å²) >= 11 is 7.58. The van der Waals surface area contributed by atoms with Gasteiger partial charge in [-0.05, 0) is 47.2 Å². The molecule has 0 radical (unpaired) electrons. The van der Waals surface area contributed by atoms with Gasteiger partial charge in [0.1, 0.15) is 0 Å². The molecule has 1 N–H and O–H groups in total. The number of hydrogen-bond donors (Lipinski definition) is 1. The van der Waals surface area contributed by atoms with E-state index in [1.165, 1.54) is 5.56 Å². The van der Waals surface area contributed by atoms with Crippen molar-refractivity contribution in [2.75, 3.05) is 6.61 Å². The first-order valence-electron chi connectivity index (χ1n) is 9.09. The van der Waals surface area contributed by atoms with E-state index in [2.05, 4.69) is 55.0 Å². The Labute approximate surface area is 169 Å². The molecule has 1 heterocycles. The average molecular weight is 401 g/mol. The van der Waals surface area contributed by atoms with E-state index in [-0.39, 0.29) is 12.0 Å². The number of aromatic nitrogens is 1. The second-order valence-corrected chi connectivity index (χ2v) is 8.82. The van der Waals surface area contributed by atoms with Crippen molar-refractivity contribution in [1.82, 2.24) is 4.57 Å². The molecule has 3 nitrogen and oxygen atoms in total. The van der Waals surface area contributed by atoms with Crippen molar-refractivity contribution in [2.45, 2.75) is 39.2 Å². The number of rotatable bonds is 5. The monoisotopic (exact) mass is 400 g/mol. The lowest BCUT2D eigenvalue weighted by molar-refractivity contribution is 0.279. The molecule has 0 spiro atoms. The topological polar surface area (TPSA) is 37.5 Å². The van der Waals surface area contributed by atoms with Crippen LogP contribution in [-0.2, 0) is 12.0 Å². The zero-order valence-corrected chi connectivity index (χ0v) is 17.5.